The lowest BCUT2D eigenvalue weighted by Gasteiger charge is -2.23. The molecule has 1 saturated carbocycles. The number of benzene rings is 2. The van der Waals surface area contributed by atoms with Crippen LogP contribution in [-0.4, -0.2) is 46.3 Å². The number of nitrogens with zero attached hydrogens (tertiary/aromatic N) is 2. The molecule has 1 amide bonds. The Morgan fingerprint density at radius 3 is 2.65 bits per heavy atom. The van der Waals surface area contributed by atoms with Crippen LogP contribution in [-0.2, 0) is 17.8 Å². The van der Waals surface area contributed by atoms with E-state index in [-0.39, 0.29) is 6.42 Å². The highest BCUT2D eigenvalue weighted by Gasteiger charge is 2.30. The van der Waals surface area contributed by atoms with Crippen molar-refractivity contribution in [2.45, 2.75) is 57.0 Å². The van der Waals surface area contributed by atoms with Gasteiger partial charge in [-0.15, -0.1) is 0 Å². The van der Waals surface area contributed by atoms with E-state index in [9.17, 15) is 14.7 Å². The Morgan fingerprint density at radius 2 is 1.90 bits per heavy atom. The highest BCUT2D eigenvalue weighted by atomic mass is 16.5. The number of fused-ring (bicyclic) bond motifs is 5. The van der Waals surface area contributed by atoms with E-state index in [0.29, 0.717) is 24.6 Å². The van der Waals surface area contributed by atoms with Crippen LogP contribution in [0.15, 0.2) is 60.9 Å². The van der Waals surface area contributed by atoms with Gasteiger partial charge in [0.05, 0.1) is 19.3 Å². The molecule has 8 heteroatoms. The van der Waals surface area contributed by atoms with Gasteiger partial charge in [0.2, 0.25) is 0 Å². The Kier molecular flexibility index (Phi) is 7.15. The van der Waals surface area contributed by atoms with Crippen molar-refractivity contribution in [1.29, 1.82) is 0 Å². The van der Waals surface area contributed by atoms with E-state index < -0.39 is 17.9 Å². The predicted molar refractivity (Wildman–Crippen MR) is 152 cm³/mol. The molecule has 1 fully saturated rings. The maximum Gasteiger partial charge on any atom is 0.326 e. The van der Waals surface area contributed by atoms with Gasteiger partial charge >= 0.3 is 5.97 Å². The van der Waals surface area contributed by atoms with Gasteiger partial charge in [-0.3, -0.25) is 9.78 Å². The summed E-state index contributed by atoms with van der Waals surface area (Å²) < 4.78 is 13.9. The topological polar surface area (TPSA) is 103 Å². The Balaban J connectivity index is 1.42. The van der Waals surface area contributed by atoms with Crippen LogP contribution in [0.2, 0.25) is 0 Å². The van der Waals surface area contributed by atoms with Gasteiger partial charge < -0.3 is 24.5 Å². The van der Waals surface area contributed by atoms with Crippen molar-refractivity contribution >= 4 is 22.8 Å². The van der Waals surface area contributed by atoms with Crippen LogP contribution in [0, 0.1) is 0 Å². The molecule has 0 unspecified atom stereocenters. The van der Waals surface area contributed by atoms with Gasteiger partial charge in [0, 0.05) is 46.9 Å². The molecule has 6 rings (SSSR count). The molecule has 4 aromatic rings. The third kappa shape index (κ3) is 4.90. The fourth-order valence-electron chi connectivity index (χ4n) is 6.23. The summed E-state index contributed by atoms with van der Waals surface area (Å²) in [6.45, 7) is 1.13. The Bertz CT molecular complexity index is 1560. The third-order valence-electron chi connectivity index (χ3n) is 8.19. The average molecular weight is 540 g/mol. The number of amides is 1. The molecular formula is C32H33N3O5. The number of pyridine rings is 1. The molecule has 1 aliphatic heterocycles. The number of ether oxygens (including phenoxy) is 2. The Labute approximate surface area is 232 Å². The zero-order valence-electron chi connectivity index (χ0n) is 22.6. The SMILES string of the molecule is COc1ccc2c(c1)OCCn1c-2c(C2CCCCC2)c2ccc(C(=O)N[C@@H](Cc3ccncc3)C(=O)O)cc21. The molecule has 0 spiro atoms. The van der Waals surface area contributed by atoms with Crippen molar-refractivity contribution in [3.63, 3.8) is 0 Å². The molecule has 2 aliphatic rings. The van der Waals surface area contributed by atoms with Crippen molar-refractivity contribution in [2.24, 2.45) is 0 Å². The van der Waals surface area contributed by atoms with E-state index in [1.807, 2.05) is 30.3 Å². The van der Waals surface area contributed by atoms with E-state index >= 15 is 0 Å². The van der Waals surface area contributed by atoms with Gasteiger partial charge in [0.15, 0.2) is 0 Å². The van der Waals surface area contributed by atoms with Gasteiger partial charge in [-0.25, -0.2) is 4.79 Å². The lowest BCUT2D eigenvalue weighted by atomic mass is 9.81. The molecule has 8 nitrogen and oxygen atoms in total. The van der Waals surface area contributed by atoms with Crippen molar-refractivity contribution in [2.75, 3.05) is 13.7 Å². The summed E-state index contributed by atoms with van der Waals surface area (Å²) in [7, 11) is 1.65. The van der Waals surface area contributed by atoms with Gasteiger partial charge in [-0.1, -0.05) is 25.3 Å². The zero-order chi connectivity index (χ0) is 27.6. The number of hydrogen-bond donors (Lipinski definition) is 2. The highest BCUT2D eigenvalue weighted by molar-refractivity contribution is 6.02. The molecule has 3 heterocycles. The summed E-state index contributed by atoms with van der Waals surface area (Å²) in [5.74, 6) is 0.495. The first-order chi connectivity index (χ1) is 19.5. The highest BCUT2D eigenvalue weighted by Crippen LogP contribution is 2.47. The minimum absolute atomic E-state index is 0.176. The number of rotatable bonds is 7. The number of methoxy groups -OCH3 is 1. The quantitative estimate of drug-likeness (QED) is 0.318. The van der Waals surface area contributed by atoms with Gasteiger partial charge in [-0.2, -0.15) is 0 Å². The maximum atomic E-state index is 13.4. The van der Waals surface area contributed by atoms with E-state index in [4.69, 9.17) is 9.47 Å². The van der Waals surface area contributed by atoms with Crippen LogP contribution in [0.25, 0.3) is 22.2 Å². The summed E-state index contributed by atoms with van der Waals surface area (Å²) in [6.07, 6.45) is 9.35. The monoisotopic (exact) mass is 539 g/mol. The van der Waals surface area contributed by atoms with Crippen LogP contribution >= 0.6 is 0 Å². The number of nitrogens with one attached hydrogen (secondary N) is 1. The Hall–Kier alpha value is -4.33. The summed E-state index contributed by atoms with van der Waals surface area (Å²) in [6, 6.07) is 14.2. The number of carboxylic acids is 1. The maximum absolute atomic E-state index is 13.4. The molecule has 2 N–H and O–H groups in total. The second-order valence-electron chi connectivity index (χ2n) is 10.6. The normalized spacial score (nSPS) is 15.8. The molecule has 1 aliphatic carbocycles. The van der Waals surface area contributed by atoms with Gasteiger partial charge in [-0.05, 0) is 66.3 Å². The molecule has 206 valence electrons. The first-order valence-electron chi connectivity index (χ1n) is 13.9. The van der Waals surface area contributed by atoms with Crippen molar-refractivity contribution in [3.8, 4) is 22.8 Å². The standard InChI is InChI=1S/C32H33N3O5/c1-39-23-8-10-25-28(19-23)40-16-15-35-27-18-22(7-9-24(27)29(30(25)35)21-5-3-2-4-6-21)31(36)34-26(32(37)38)17-20-11-13-33-14-12-20/h7-14,18-19,21,26H,2-6,15-17H2,1H3,(H,34,36)(H,37,38)/t26-/m0/s1. The number of carbonyl (C=O) groups excluding carboxylic acids is 1. The predicted octanol–water partition coefficient (Wildman–Crippen LogP) is 5.58. The summed E-state index contributed by atoms with van der Waals surface area (Å²) in [5, 5.41) is 13.7. The van der Waals surface area contributed by atoms with Crippen molar-refractivity contribution < 1.29 is 24.2 Å². The summed E-state index contributed by atoms with van der Waals surface area (Å²) in [5.41, 5.74) is 5.70. The zero-order valence-corrected chi connectivity index (χ0v) is 22.6. The van der Waals surface area contributed by atoms with Crippen LogP contribution in [0.1, 0.15) is 59.5 Å². The van der Waals surface area contributed by atoms with Crippen LogP contribution < -0.4 is 14.8 Å². The van der Waals surface area contributed by atoms with E-state index in [1.54, 1.807) is 31.6 Å². The molecule has 2 aromatic heterocycles. The minimum atomic E-state index is -1.08. The molecule has 0 radical (unpaired) electrons. The first-order valence-corrected chi connectivity index (χ1v) is 13.9. The van der Waals surface area contributed by atoms with Gasteiger partial charge in [0.1, 0.15) is 24.1 Å². The van der Waals surface area contributed by atoms with Crippen LogP contribution in [0.4, 0.5) is 0 Å². The fourth-order valence-corrected chi connectivity index (χ4v) is 6.23. The van der Waals surface area contributed by atoms with Crippen molar-refractivity contribution in [3.05, 3.63) is 77.6 Å². The van der Waals surface area contributed by atoms with E-state index in [2.05, 4.69) is 20.9 Å². The lowest BCUT2D eigenvalue weighted by molar-refractivity contribution is -0.139. The molecule has 2 aromatic carbocycles. The number of aliphatic carboxylic acids is 1. The summed E-state index contributed by atoms with van der Waals surface area (Å²) >= 11 is 0. The summed E-state index contributed by atoms with van der Waals surface area (Å²) in [4.78, 5) is 29.4. The number of aromatic nitrogens is 2. The molecule has 40 heavy (non-hydrogen) atoms. The number of carboxylic acid groups (broad SMARTS) is 1. The largest absolute Gasteiger partial charge is 0.497 e. The molecular weight excluding hydrogens is 506 g/mol. The Morgan fingerprint density at radius 1 is 1.10 bits per heavy atom. The lowest BCUT2D eigenvalue weighted by Crippen LogP contribution is -2.42. The third-order valence-corrected chi connectivity index (χ3v) is 8.19. The second kappa shape index (κ2) is 11.0. The van der Waals surface area contributed by atoms with E-state index in [0.717, 1.165) is 52.1 Å². The van der Waals surface area contributed by atoms with Crippen molar-refractivity contribution in [1.82, 2.24) is 14.9 Å². The molecule has 1 atom stereocenters. The van der Waals surface area contributed by atoms with E-state index in [1.165, 1.54) is 24.8 Å². The van der Waals surface area contributed by atoms with Gasteiger partial charge in [0.25, 0.3) is 5.91 Å². The number of carbonyl (C=O) groups is 2. The smallest absolute Gasteiger partial charge is 0.326 e. The molecule has 0 saturated heterocycles. The molecule has 0 bridgehead atoms. The average Bonchev–Trinajstić information content (AvgIpc) is 3.18. The van der Waals surface area contributed by atoms with Crippen LogP contribution in [0.5, 0.6) is 11.5 Å². The minimum Gasteiger partial charge on any atom is -0.497 e. The second-order valence-corrected chi connectivity index (χ2v) is 10.6. The fraction of sp³-hybridized carbons (Fsp3) is 0.344. The van der Waals surface area contributed by atoms with Crippen LogP contribution in [0.3, 0.4) is 0 Å². The first kappa shape index (κ1) is 25.9. The number of hydrogen-bond acceptors (Lipinski definition) is 5.